The molecule has 4 rings (SSSR count). The first-order valence-electron chi connectivity index (χ1n) is 10.8. The van der Waals surface area contributed by atoms with Crippen molar-refractivity contribution in [3.63, 3.8) is 0 Å². The van der Waals surface area contributed by atoms with Crippen LogP contribution in [-0.2, 0) is 22.5 Å². The summed E-state index contributed by atoms with van der Waals surface area (Å²) in [4.78, 5) is 17.3. The Morgan fingerprint density at radius 2 is 2.16 bits per heavy atom. The summed E-state index contributed by atoms with van der Waals surface area (Å²) in [6.07, 6.45) is 2.97. The molecule has 1 aliphatic heterocycles. The molecule has 3 aromatic rings. The van der Waals surface area contributed by atoms with Crippen molar-refractivity contribution in [3.8, 4) is 16.9 Å². The van der Waals surface area contributed by atoms with Gasteiger partial charge in [0.1, 0.15) is 5.75 Å². The lowest BCUT2D eigenvalue weighted by Crippen LogP contribution is -2.20. The van der Waals surface area contributed by atoms with Crippen LogP contribution in [0.15, 0.2) is 24.4 Å². The first-order valence-corrected chi connectivity index (χ1v) is 11.2. The maximum Gasteiger partial charge on any atom is 0.226 e. The number of hydrogen-bond donors (Lipinski definition) is 1. The van der Waals surface area contributed by atoms with Crippen molar-refractivity contribution < 1.29 is 14.3 Å². The third-order valence-electron chi connectivity index (χ3n) is 5.48. The third-order valence-corrected chi connectivity index (χ3v) is 5.85. The van der Waals surface area contributed by atoms with E-state index in [1.54, 1.807) is 18.0 Å². The summed E-state index contributed by atoms with van der Waals surface area (Å²) in [6.45, 7) is 9.21. The van der Waals surface area contributed by atoms with Gasteiger partial charge in [0.15, 0.2) is 11.5 Å². The molecule has 0 fully saturated rings. The van der Waals surface area contributed by atoms with Crippen molar-refractivity contribution in [3.05, 3.63) is 35.0 Å². The Morgan fingerprint density at radius 3 is 2.88 bits per heavy atom. The number of carbonyl (C=O) groups excluding carboxylic acids is 1. The Hall–Kier alpha value is -2.64. The van der Waals surface area contributed by atoms with Crippen molar-refractivity contribution in [2.24, 2.45) is 5.41 Å². The van der Waals surface area contributed by atoms with Crippen LogP contribution in [-0.4, -0.2) is 40.5 Å². The molecule has 1 aliphatic rings. The number of nitrogens with one attached hydrogen (secondary N) is 1. The normalized spacial score (nSPS) is 14.3. The zero-order valence-corrected chi connectivity index (χ0v) is 19.9. The number of pyridine rings is 1. The van der Waals surface area contributed by atoms with E-state index in [1.165, 1.54) is 0 Å². The van der Waals surface area contributed by atoms with Crippen LogP contribution < -0.4 is 10.1 Å². The molecule has 7 nitrogen and oxygen atoms in total. The zero-order valence-electron chi connectivity index (χ0n) is 19.2. The maximum atomic E-state index is 12.7. The molecular weight excluding hydrogens is 428 g/mol. The van der Waals surface area contributed by atoms with E-state index in [9.17, 15) is 4.79 Å². The van der Waals surface area contributed by atoms with Gasteiger partial charge in [-0.2, -0.15) is 5.10 Å². The average molecular weight is 457 g/mol. The van der Waals surface area contributed by atoms with Crippen molar-refractivity contribution in [1.82, 2.24) is 14.8 Å². The van der Waals surface area contributed by atoms with Crippen molar-refractivity contribution >= 4 is 34.4 Å². The lowest BCUT2D eigenvalue weighted by molar-refractivity contribution is -0.117. The van der Waals surface area contributed by atoms with Crippen LogP contribution in [0.4, 0.5) is 5.82 Å². The number of benzene rings is 1. The Labute approximate surface area is 193 Å². The molecule has 170 valence electrons. The van der Waals surface area contributed by atoms with Crippen LogP contribution in [0.3, 0.4) is 0 Å². The van der Waals surface area contributed by atoms with E-state index < -0.39 is 0 Å². The lowest BCUT2D eigenvalue weighted by atomic mass is 9.92. The van der Waals surface area contributed by atoms with E-state index in [0.717, 1.165) is 34.2 Å². The molecule has 1 N–H and O–H groups in total. The van der Waals surface area contributed by atoms with E-state index in [0.29, 0.717) is 36.1 Å². The van der Waals surface area contributed by atoms with Gasteiger partial charge in [-0.25, -0.2) is 9.67 Å². The quantitative estimate of drug-likeness (QED) is 0.558. The molecule has 0 radical (unpaired) electrons. The minimum absolute atomic E-state index is 0.0546. The van der Waals surface area contributed by atoms with Crippen LogP contribution in [0, 0.1) is 5.41 Å². The molecule has 0 spiro atoms. The number of hydrogen-bond acceptors (Lipinski definition) is 5. The average Bonchev–Trinajstić information content (AvgIpc) is 3.32. The SMILES string of the molecule is COC(C)Cn1nc(NC(=O)CC(C)(C)C)c2cc(-c3ccc4c(c3Cl)OCC4)cnc21. The minimum atomic E-state index is -0.131. The Kier molecular flexibility index (Phi) is 6.14. The number of methoxy groups -OCH3 is 1. The second-order valence-corrected chi connectivity index (χ2v) is 9.85. The van der Waals surface area contributed by atoms with Gasteiger partial charge in [0.05, 0.1) is 29.7 Å². The van der Waals surface area contributed by atoms with Gasteiger partial charge in [-0.3, -0.25) is 4.79 Å². The van der Waals surface area contributed by atoms with Crippen molar-refractivity contribution in [1.29, 1.82) is 0 Å². The molecule has 3 heterocycles. The summed E-state index contributed by atoms with van der Waals surface area (Å²) in [5.41, 5.74) is 3.34. The standard InChI is InChI=1S/C24H29ClN4O3/c1-14(31-5)13-29-23-18(22(28-29)27-19(30)11-24(2,3)4)10-16(12-26-23)17-7-6-15-8-9-32-21(15)20(17)25/h6-7,10,12,14H,8-9,11,13H2,1-5H3,(H,27,28,30). The van der Waals surface area contributed by atoms with Gasteiger partial charge in [0.2, 0.25) is 5.91 Å². The van der Waals surface area contributed by atoms with Gasteiger partial charge in [0.25, 0.3) is 0 Å². The minimum Gasteiger partial charge on any atom is -0.491 e. The van der Waals surface area contributed by atoms with E-state index in [-0.39, 0.29) is 17.4 Å². The molecule has 1 atom stereocenters. The summed E-state index contributed by atoms with van der Waals surface area (Å²) >= 11 is 6.67. The molecule has 8 heteroatoms. The van der Waals surface area contributed by atoms with Gasteiger partial charge in [0, 0.05) is 37.3 Å². The first-order chi connectivity index (χ1) is 15.2. The van der Waals surface area contributed by atoms with Gasteiger partial charge >= 0.3 is 0 Å². The topological polar surface area (TPSA) is 78.3 Å². The Bertz CT molecular complexity index is 1170. The van der Waals surface area contributed by atoms with Crippen molar-refractivity contribution in [2.45, 2.75) is 53.2 Å². The van der Waals surface area contributed by atoms with Crippen LogP contribution >= 0.6 is 11.6 Å². The molecule has 32 heavy (non-hydrogen) atoms. The molecule has 0 bridgehead atoms. The van der Waals surface area contributed by atoms with E-state index >= 15 is 0 Å². The van der Waals surface area contributed by atoms with Gasteiger partial charge < -0.3 is 14.8 Å². The highest BCUT2D eigenvalue weighted by atomic mass is 35.5. The predicted molar refractivity (Wildman–Crippen MR) is 126 cm³/mol. The highest BCUT2D eigenvalue weighted by molar-refractivity contribution is 6.35. The second kappa shape index (κ2) is 8.71. The van der Waals surface area contributed by atoms with E-state index in [1.807, 2.05) is 45.9 Å². The number of rotatable bonds is 6. The fraction of sp³-hybridized carbons (Fsp3) is 0.458. The number of ether oxygens (including phenoxy) is 2. The maximum absolute atomic E-state index is 12.7. The number of nitrogens with zero attached hydrogens (tertiary/aromatic N) is 3. The highest BCUT2D eigenvalue weighted by Crippen LogP contribution is 2.41. The zero-order chi connectivity index (χ0) is 23.0. The fourth-order valence-corrected chi connectivity index (χ4v) is 4.19. The largest absolute Gasteiger partial charge is 0.491 e. The first kappa shape index (κ1) is 22.6. The molecule has 1 aromatic carbocycles. The number of amides is 1. The van der Waals surface area contributed by atoms with E-state index in [2.05, 4.69) is 15.4 Å². The summed E-state index contributed by atoms with van der Waals surface area (Å²) in [6, 6.07) is 6.01. The Balaban J connectivity index is 1.77. The molecule has 2 aromatic heterocycles. The van der Waals surface area contributed by atoms with E-state index in [4.69, 9.17) is 21.1 Å². The Morgan fingerprint density at radius 1 is 1.38 bits per heavy atom. The number of halogens is 1. The fourth-order valence-electron chi connectivity index (χ4n) is 3.84. The summed E-state index contributed by atoms with van der Waals surface area (Å²) in [5.74, 6) is 1.14. The number of carbonyl (C=O) groups is 1. The number of fused-ring (bicyclic) bond motifs is 2. The van der Waals surface area contributed by atoms with Gasteiger partial charge in [-0.05, 0) is 24.0 Å². The van der Waals surface area contributed by atoms with Gasteiger partial charge in [-0.1, -0.05) is 44.5 Å². The predicted octanol–water partition coefficient (Wildman–Crippen LogP) is 5.10. The lowest BCUT2D eigenvalue weighted by Gasteiger charge is -2.16. The summed E-state index contributed by atoms with van der Waals surface area (Å²) in [7, 11) is 1.66. The highest BCUT2D eigenvalue weighted by Gasteiger charge is 2.22. The molecule has 0 aliphatic carbocycles. The smallest absolute Gasteiger partial charge is 0.226 e. The molecule has 0 saturated carbocycles. The molecule has 0 saturated heterocycles. The van der Waals surface area contributed by atoms with Crippen molar-refractivity contribution in [2.75, 3.05) is 19.0 Å². The van der Waals surface area contributed by atoms with Crippen LogP contribution in [0.25, 0.3) is 22.2 Å². The summed E-state index contributed by atoms with van der Waals surface area (Å²) < 4.78 is 12.9. The number of anilines is 1. The number of aromatic nitrogens is 3. The third kappa shape index (κ3) is 4.59. The summed E-state index contributed by atoms with van der Waals surface area (Å²) in [5, 5.41) is 8.96. The second-order valence-electron chi connectivity index (χ2n) is 9.47. The van der Waals surface area contributed by atoms with Crippen LogP contribution in [0.1, 0.15) is 39.7 Å². The van der Waals surface area contributed by atoms with Crippen LogP contribution in [0.5, 0.6) is 5.75 Å². The van der Waals surface area contributed by atoms with Crippen LogP contribution in [0.2, 0.25) is 5.02 Å². The molecule has 1 amide bonds. The van der Waals surface area contributed by atoms with Gasteiger partial charge in [-0.15, -0.1) is 0 Å². The molecule has 1 unspecified atom stereocenters. The molecular formula is C24H29ClN4O3. The monoisotopic (exact) mass is 456 g/mol.